The molecule has 0 fully saturated rings. The van der Waals surface area contributed by atoms with Crippen molar-refractivity contribution in [2.75, 3.05) is 32.9 Å². The summed E-state index contributed by atoms with van der Waals surface area (Å²) in [5.41, 5.74) is 7.09. The Morgan fingerprint density at radius 1 is 0.725 bits per heavy atom. The van der Waals surface area contributed by atoms with Gasteiger partial charge in [0.15, 0.2) is 0 Å². The first-order chi connectivity index (χ1) is 24.6. The van der Waals surface area contributed by atoms with E-state index < -0.39 is 14.1 Å². The molecule has 1 atom stereocenters. The lowest BCUT2D eigenvalue weighted by atomic mass is 10.1. The molecule has 0 aliphatic carbocycles. The number of nitrogens with zero attached hydrogens (tertiary/aromatic N) is 3. The van der Waals surface area contributed by atoms with Crippen molar-refractivity contribution in [2.24, 2.45) is 5.73 Å². The summed E-state index contributed by atoms with van der Waals surface area (Å²) in [6, 6.07) is 0.254. The number of carbonyl (C=O) groups excluding carboxylic acids is 3. The number of rotatable bonds is 34. The van der Waals surface area contributed by atoms with Crippen LogP contribution in [0, 0.1) is 0 Å². The highest BCUT2D eigenvalue weighted by Gasteiger charge is 2.23. The van der Waals surface area contributed by atoms with Gasteiger partial charge in [-0.1, -0.05) is 136 Å². The van der Waals surface area contributed by atoms with Crippen LogP contribution in [0.15, 0.2) is 12.5 Å². The van der Waals surface area contributed by atoms with E-state index >= 15 is 0 Å². The lowest BCUT2D eigenvalue weighted by Gasteiger charge is -2.25. The monoisotopic (exact) mass is 737 g/mol. The molecule has 1 aromatic heterocycles. The topological polar surface area (TPSA) is 126 Å². The first-order valence-electron chi connectivity index (χ1n) is 20.5. The van der Waals surface area contributed by atoms with E-state index in [1.165, 1.54) is 77.0 Å². The Kier molecular flexibility index (Phi) is 27.7. The zero-order chi connectivity index (χ0) is 37.6. The Morgan fingerprint density at radius 2 is 1.18 bits per heavy atom. The molecule has 1 amide bonds. The predicted octanol–water partition coefficient (Wildman–Crippen LogP) is 8.82. The minimum Gasteiger partial charge on any atom is -0.464 e. The normalized spacial score (nSPS) is 12.2. The second kappa shape index (κ2) is 30.2. The Bertz CT molecular complexity index is 991. The Balaban J connectivity index is 2.52. The molecule has 0 bridgehead atoms. The van der Waals surface area contributed by atoms with Gasteiger partial charge in [0.05, 0.1) is 31.2 Å². The molecule has 0 aliphatic rings. The Labute approximate surface area is 312 Å². The second-order valence-corrected chi connectivity index (χ2v) is 21.1. The highest BCUT2D eigenvalue weighted by atomic mass is 28.3. The van der Waals surface area contributed by atoms with Gasteiger partial charge in [0, 0.05) is 40.1 Å². The quantitative estimate of drug-likeness (QED) is 0.0423. The van der Waals surface area contributed by atoms with Gasteiger partial charge in [-0.05, 0) is 18.9 Å². The third kappa shape index (κ3) is 27.1. The summed E-state index contributed by atoms with van der Waals surface area (Å²) in [6.07, 6.45) is 25.8. The van der Waals surface area contributed by atoms with E-state index in [2.05, 4.69) is 38.5 Å². The summed E-state index contributed by atoms with van der Waals surface area (Å²) in [5.74, 6) is -0.792. The van der Waals surface area contributed by atoms with Crippen LogP contribution in [0.2, 0.25) is 25.7 Å². The van der Waals surface area contributed by atoms with E-state index in [0.717, 1.165) is 44.6 Å². The van der Waals surface area contributed by atoms with E-state index in [1.807, 2.05) is 10.8 Å². The average Bonchev–Trinajstić information content (AvgIpc) is 3.54. The van der Waals surface area contributed by atoms with Gasteiger partial charge in [0.25, 0.3) is 0 Å². The largest absolute Gasteiger partial charge is 0.464 e. The molecule has 0 spiro atoms. The van der Waals surface area contributed by atoms with E-state index in [4.69, 9.17) is 19.9 Å². The van der Waals surface area contributed by atoms with Crippen LogP contribution in [0.25, 0.3) is 0 Å². The molecule has 1 aromatic rings. The molecule has 0 saturated heterocycles. The number of unbranched alkanes of at least 4 members (excludes halogenated alkanes) is 16. The summed E-state index contributed by atoms with van der Waals surface area (Å²) in [7, 11) is -1.16. The van der Waals surface area contributed by atoms with Gasteiger partial charge in [0.1, 0.15) is 19.9 Å². The van der Waals surface area contributed by atoms with Crippen molar-refractivity contribution in [3.8, 4) is 0 Å². The summed E-state index contributed by atoms with van der Waals surface area (Å²) >= 11 is 0. The van der Waals surface area contributed by atoms with E-state index in [0.29, 0.717) is 31.9 Å². The van der Waals surface area contributed by atoms with Crippen molar-refractivity contribution < 1.29 is 28.6 Å². The second-order valence-electron chi connectivity index (χ2n) is 15.5. The number of carbonyl (C=O) groups is 3. The van der Waals surface area contributed by atoms with E-state index in [1.54, 1.807) is 11.2 Å². The van der Waals surface area contributed by atoms with E-state index in [9.17, 15) is 14.4 Å². The molecule has 0 radical (unpaired) electrons. The zero-order valence-corrected chi connectivity index (χ0v) is 34.4. The smallest absolute Gasteiger partial charge is 0.305 e. The number of ether oxygens (including phenoxy) is 3. The van der Waals surface area contributed by atoms with Gasteiger partial charge in [-0.3, -0.25) is 14.4 Å². The maximum Gasteiger partial charge on any atom is 0.305 e. The molecule has 2 N–H and O–H groups in total. The third-order valence-corrected chi connectivity index (χ3v) is 10.9. The first-order valence-corrected chi connectivity index (χ1v) is 24.2. The van der Waals surface area contributed by atoms with Gasteiger partial charge in [-0.2, -0.15) is 0 Å². The summed E-state index contributed by atoms with van der Waals surface area (Å²) in [5, 5.41) is 0. The van der Waals surface area contributed by atoms with Gasteiger partial charge in [-0.25, -0.2) is 4.98 Å². The van der Waals surface area contributed by atoms with Crippen molar-refractivity contribution in [2.45, 2.75) is 187 Å². The lowest BCUT2D eigenvalue weighted by Crippen LogP contribution is -2.47. The minimum absolute atomic E-state index is 0.0739. The molecule has 1 rings (SSSR count). The SMILES string of the molecule is CCCCCCCCCCCC(=O)OCCN(CCOC(=O)CCCCCCCCCCC)C(=O)[C@@H](N)Cc1cn(COCC[Si](C)(C)C)cn1. The Hall–Kier alpha value is -2.24. The highest BCUT2D eigenvalue weighted by Crippen LogP contribution is 2.13. The van der Waals surface area contributed by atoms with Crippen LogP contribution in [-0.4, -0.2) is 79.3 Å². The molecule has 1 heterocycles. The van der Waals surface area contributed by atoms with E-state index in [-0.39, 0.29) is 50.6 Å². The molecule has 0 aromatic carbocycles. The average molecular weight is 737 g/mol. The maximum atomic E-state index is 13.5. The molecule has 296 valence electrons. The van der Waals surface area contributed by atoms with Crippen LogP contribution in [0.1, 0.15) is 148 Å². The summed E-state index contributed by atoms with van der Waals surface area (Å²) < 4.78 is 18.7. The fraction of sp³-hybridized carbons (Fsp3) is 0.850. The van der Waals surface area contributed by atoms with Crippen LogP contribution in [0.4, 0.5) is 0 Å². The lowest BCUT2D eigenvalue weighted by molar-refractivity contribution is -0.148. The maximum absolute atomic E-state index is 13.5. The van der Waals surface area contributed by atoms with Crippen molar-refractivity contribution in [1.29, 1.82) is 0 Å². The molecule has 0 aliphatic heterocycles. The molecule has 0 unspecified atom stereocenters. The highest BCUT2D eigenvalue weighted by molar-refractivity contribution is 6.76. The van der Waals surface area contributed by atoms with Crippen LogP contribution in [0.5, 0.6) is 0 Å². The number of nitrogens with two attached hydrogens (primary N) is 1. The Morgan fingerprint density at radius 3 is 1.63 bits per heavy atom. The summed E-state index contributed by atoms with van der Waals surface area (Å²) in [4.78, 5) is 44.3. The number of hydrogen-bond donors (Lipinski definition) is 1. The molecule has 11 heteroatoms. The van der Waals surface area contributed by atoms with Gasteiger partial charge in [-0.15, -0.1) is 0 Å². The van der Waals surface area contributed by atoms with Crippen LogP contribution in [0.3, 0.4) is 0 Å². The molecular formula is C40H76N4O6Si. The molecule has 10 nitrogen and oxygen atoms in total. The zero-order valence-electron chi connectivity index (χ0n) is 33.4. The van der Waals surface area contributed by atoms with Crippen molar-refractivity contribution >= 4 is 25.9 Å². The minimum atomic E-state index is -1.16. The molecule has 0 saturated carbocycles. The number of amides is 1. The van der Waals surface area contributed by atoms with Crippen LogP contribution in [-0.2, 0) is 41.7 Å². The fourth-order valence-corrected chi connectivity index (χ4v) is 6.61. The van der Waals surface area contributed by atoms with Crippen LogP contribution >= 0.6 is 0 Å². The summed E-state index contributed by atoms with van der Waals surface area (Å²) in [6.45, 7) is 13.0. The van der Waals surface area contributed by atoms with Gasteiger partial charge in [0.2, 0.25) is 5.91 Å². The molecular weight excluding hydrogens is 661 g/mol. The molecule has 51 heavy (non-hydrogen) atoms. The predicted molar refractivity (Wildman–Crippen MR) is 210 cm³/mol. The van der Waals surface area contributed by atoms with Gasteiger partial charge < -0.3 is 29.4 Å². The van der Waals surface area contributed by atoms with Crippen molar-refractivity contribution in [3.05, 3.63) is 18.2 Å². The van der Waals surface area contributed by atoms with Crippen molar-refractivity contribution in [1.82, 2.24) is 14.5 Å². The van der Waals surface area contributed by atoms with Crippen molar-refractivity contribution in [3.63, 3.8) is 0 Å². The third-order valence-electron chi connectivity index (χ3n) is 9.20. The van der Waals surface area contributed by atoms with Crippen LogP contribution < -0.4 is 5.73 Å². The number of imidazole rings is 1. The number of aromatic nitrogens is 2. The number of hydrogen-bond acceptors (Lipinski definition) is 8. The standard InChI is InChI=1S/C40H76N4O6Si/c1-6-8-10-12-14-16-18-20-22-24-38(45)49-28-26-44(27-29-50-39(46)25-23-21-19-17-15-13-11-9-7-2)40(47)37(41)32-36-33-43(34-42-36)35-48-30-31-51(3,4)5/h33-34,37H,6-32,35,41H2,1-5H3/t37-/m0/s1. The number of esters is 2. The first kappa shape index (κ1) is 46.8. The fourth-order valence-electron chi connectivity index (χ4n) is 5.85. The van der Waals surface area contributed by atoms with Gasteiger partial charge >= 0.3 is 11.9 Å².